The van der Waals surface area contributed by atoms with E-state index >= 15 is 0 Å². The highest BCUT2D eigenvalue weighted by Gasteiger charge is 2.27. The van der Waals surface area contributed by atoms with Crippen molar-refractivity contribution in [3.63, 3.8) is 0 Å². The van der Waals surface area contributed by atoms with Crippen LogP contribution in [0.1, 0.15) is 108 Å². The lowest BCUT2D eigenvalue weighted by molar-refractivity contribution is 0.236. The molecular formula is C29H43N. The van der Waals surface area contributed by atoms with E-state index in [1.807, 2.05) is 6.20 Å². The van der Waals surface area contributed by atoms with Gasteiger partial charge in [0.25, 0.3) is 0 Å². The molecule has 164 valence electrons. The fourth-order valence-electron chi connectivity index (χ4n) is 5.50. The molecule has 0 amide bonds. The quantitative estimate of drug-likeness (QED) is 0.340. The molecule has 2 aromatic rings. The molecule has 0 radical (unpaired) electrons. The van der Waals surface area contributed by atoms with Gasteiger partial charge in [0.1, 0.15) is 0 Å². The van der Waals surface area contributed by atoms with Gasteiger partial charge < -0.3 is 0 Å². The maximum Gasteiger partial charge on any atom is 0.0308 e. The zero-order chi connectivity index (χ0) is 21.2. The highest BCUT2D eigenvalue weighted by Crippen LogP contribution is 2.42. The summed E-state index contributed by atoms with van der Waals surface area (Å²) in [5, 5.41) is 0. The van der Waals surface area contributed by atoms with Crippen molar-refractivity contribution >= 4 is 0 Å². The second kappa shape index (κ2) is 12.3. The Morgan fingerprint density at radius 3 is 2.37 bits per heavy atom. The van der Waals surface area contributed by atoms with E-state index in [4.69, 9.17) is 0 Å². The number of benzene rings is 1. The summed E-state index contributed by atoms with van der Waals surface area (Å²) >= 11 is 0. The van der Waals surface area contributed by atoms with Crippen molar-refractivity contribution < 1.29 is 0 Å². The summed E-state index contributed by atoms with van der Waals surface area (Å²) in [6.45, 7) is 7.06. The van der Waals surface area contributed by atoms with Crippen molar-refractivity contribution in [2.45, 2.75) is 104 Å². The molecule has 1 atom stereocenters. The van der Waals surface area contributed by atoms with Gasteiger partial charge in [-0.2, -0.15) is 0 Å². The Labute approximate surface area is 185 Å². The van der Waals surface area contributed by atoms with Crippen molar-refractivity contribution in [3.05, 3.63) is 53.9 Å². The molecule has 1 aromatic carbocycles. The van der Waals surface area contributed by atoms with Crippen LogP contribution in [-0.4, -0.2) is 4.98 Å². The SMILES string of the molecule is CCCCCc1ccccc1-c1ccncc1C(C)C1CCC(CCCCC)CC1. The maximum absolute atomic E-state index is 4.56. The van der Waals surface area contributed by atoms with Crippen LogP contribution in [-0.2, 0) is 6.42 Å². The molecule has 0 N–H and O–H groups in total. The smallest absolute Gasteiger partial charge is 0.0308 e. The Morgan fingerprint density at radius 2 is 1.60 bits per heavy atom. The number of aromatic nitrogens is 1. The molecule has 0 saturated heterocycles. The minimum absolute atomic E-state index is 0.592. The molecule has 30 heavy (non-hydrogen) atoms. The lowest BCUT2D eigenvalue weighted by Crippen LogP contribution is -2.19. The van der Waals surface area contributed by atoms with Crippen molar-refractivity contribution in [3.8, 4) is 11.1 Å². The van der Waals surface area contributed by atoms with Gasteiger partial charge in [0.05, 0.1) is 0 Å². The standard InChI is InChI=1S/C29H43N/c1-4-6-8-12-24-16-18-25(19-17-24)23(3)29-22-30-21-20-28(29)27-15-11-10-14-26(27)13-9-7-5-2/h10-11,14-15,20-25H,4-9,12-13,16-19H2,1-3H3. The van der Waals surface area contributed by atoms with E-state index < -0.39 is 0 Å². The van der Waals surface area contributed by atoms with Crippen molar-refractivity contribution in [2.24, 2.45) is 11.8 Å². The van der Waals surface area contributed by atoms with E-state index in [2.05, 4.69) is 62.3 Å². The monoisotopic (exact) mass is 405 g/mol. The number of rotatable bonds is 11. The van der Waals surface area contributed by atoms with Gasteiger partial charge in [0.15, 0.2) is 0 Å². The molecule has 1 aliphatic carbocycles. The zero-order valence-electron chi connectivity index (χ0n) is 19.7. The molecule has 1 fully saturated rings. The molecule has 1 nitrogen and oxygen atoms in total. The molecule has 0 aliphatic heterocycles. The Hall–Kier alpha value is -1.63. The van der Waals surface area contributed by atoms with Gasteiger partial charge in [-0.15, -0.1) is 0 Å². The Morgan fingerprint density at radius 1 is 0.867 bits per heavy atom. The van der Waals surface area contributed by atoms with Gasteiger partial charge in [-0.05, 0) is 71.8 Å². The fraction of sp³-hybridized carbons (Fsp3) is 0.621. The second-order valence-corrected chi connectivity index (χ2v) is 9.64. The third kappa shape index (κ3) is 6.19. The van der Waals surface area contributed by atoms with E-state index in [0.29, 0.717) is 5.92 Å². The summed E-state index contributed by atoms with van der Waals surface area (Å²) in [7, 11) is 0. The normalized spacial score (nSPS) is 20.2. The number of hydrogen-bond donors (Lipinski definition) is 0. The highest BCUT2D eigenvalue weighted by atomic mass is 14.6. The minimum atomic E-state index is 0.592. The average molecular weight is 406 g/mol. The zero-order valence-corrected chi connectivity index (χ0v) is 19.7. The van der Waals surface area contributed by atoms with Crippen LogP contribution in [0.25, 0.3) is 11.1 Å². The van der Waals surface area contributed by atoms with Gasteiger partial charge in [-0.3, -0.25) is 4.98 Å². The first-order chi connectivity index (χ1) is 14.7. The van der Waals surface area contributed by atoms with Crippen molar-refractivity contribution in [1.29, 1.82) is 0 Å². The van der Waals surface area contributed by atoms with Crippen LogP contribution in [0.2, 0.25) is 0 Å². The maximum atomic E-state index is 4.56. The molecule has 1 unspecified atom stereocenters. The molecule has 1 heteroatoms. The van der Waals surface area contributed by atoms with Crippen LogP contribution in [0.5, 0.6) is 0 Å². The molecule has 1 aliphatic rings. The average Bonchev–Trinajstić information content (AvgIpc) is 2.80. The van der Waals surface area contributed by atoms with Crippen LogP contribution in [0, 0.1) is 11.8 Å². The molecule has 0 bridgehead atoms. The summed E-state index contributed by atoms with van der Waals surface area (Å²) in [6, 6.07) is 11.3. The number of pyridine rings is 1. The van der Waals surface area contributed by atoms with Crippen LogP contribution in [0.15, 0.2) is 42.7 Å². The number of nitrogens with zero attached hydrogens (tertiary/aromatic N) is 1. The first-order valence-electron chi connectivity index (χ1n) is 12.8. The lowest BCUT2D eigenvalue weighted by atomic mass is 9.72. The van der Waals surface area contributed by atoms with Gasteiger partial charge in [-0.1, -0.05) is 96.4 Å². The summed E-state index contributed by atoms with van der Waals surface area (Å²) < 4.78 is 0. The number of hydrogen-bond acceptors (Lipinski definition) is 1. The van der Waals surface area contributed by atoms with Gasteiger partial charge in [0, 0.05) is 12.4 Å². The van der Waals surface area contributed by atoms with Crippen molar-refractivity contribution in [2.75, 3.05) is 0 Å². The first-order valence-corrected chi connectivity index (χ1v) is 12.8. The summed E-state index contributed by atoms with van der Waals surface area (Å²) in [5.74, 6) is 2.38. The predicted molar refractivity (Wildman–Crippen MR) is 131 cm³/mol. The number of aryl methyl sites for hydroxylation is 1. The Kier molecular flexibility index (Phi) is 9.43. The second-order valence-electron chi connectivity index (χ2n) is 9.64. The first kappa shape index (κ1) is 23.0. The molecule has 1 saturated carbocycles. The van der Waals surface area contributed by atoms with E-state index in [-0.39, 0.29) is 0 Å². The van der Waals surface area contributed by atoms with Crippen molar-refractivity contribution in [1.82, 2.24) is 4.98 Å². The highest BCUT2D eigenvalue weighted by molar-refractivity contribution is 5.71. The van der Waals surface area contributed by atoms with Gasteiger partial charge >= 0.3 is 0 Å². The fourth-order valence-corrected chi connectivity index (χ4v) is 5.50. The van der Waals surface area contributed by atoms with Gasteiger partial charge in [-0.25, -0.2) is 0 Å². The molecule has 1 aromatic heterocycles. The molecule has 1 heterocycles. The summed E-state index contributed by atoms with van der Waals surface area (Å²) in [5.41, 5.74) is 5.83. The van der Waals surface area contributed by atoms with Crippen LogP contribution in [0.3, 0.4) is 0 Å². The Balaban J connectivity index is 1.72. The van der Waals surface area contributed by atoms with E-state index in [9.17, 15) is 0 Å². The third-order valence-corrected chi connectivity index (χ3v) is 7.51. The van der Waals surface area contributed by atoms with Gasteiger partial charge in [0.2, 0.25) is 0 Å². The lowest BCUT2D eigenvalue weighted by Gasteiger charge is -2.33. The Bertz CT molecular complexity index is 742. The van der Waals surface area contributed by atoms with Crippen LogP contribution < -0.4 is 0 Å². The topological polar surface area (TPSA) is 12.9 Å². The minimum Gasteiger partial charge on any atom is -0.264 e. The third-order valence-electron chi connectivity index (χ3n) is 7.51. The molecule has 0 spiro atoms. The summed E-state index contributed by atoms with van der Waals surface area (Å²) in [6.07, 6.45) is 20.5. The van der Waals surface area contributed by atoms with E-state index in [1.54, 1.807) is 0 Å². The predicted octanol–water partition coefficient (Wildman–Crippen LogP) is 8.97. The van der Waals surface area contributed by atoms with E-state index in [0.717, 1.165) is 11.8 Å². The largest absolute Gasteiger partial charge is 0.264 e. The van der Waals surface area contributed by atoms with Crippen LogP contribution >= 0.6 is 0 Å². The number of unbranched alkanes of at least 4 members (excludes halogenated alkanes) is 4. The molecular weight excluding hydrogens is 362 g/mol. The summed E-state index contributed by atoms with van der Waals surface area (Å²) in [4.78, 5) is 4.56. The molecule has 3 rings (SSSR count). The van der Waals surface area contributed by atoms with Crippen LogP contribution in [0.4, 0.5) is 0 Å². The van der Waals surface area contributed by atoms with E-state index in [1.165, 1.54) is 99.3 Å².